The molecule has 0 spiro atoms. The molecule has 0 bridgehead atoms. The molecule has 0 aliphatic heterocycles. The Morgan fingerprint density at radius 1 is 0.193 bits per heavy atom. The molecular formula is C102H106Ir5N7-7. The third-order valence-electron chi connectivity index (χ3n) is 16.0. The maximum Gasteiger partial charge on any atom is 0.0193 e. The van der Waals surface area contributed by atoms with E-state index in [1.807, 2.05) is 237 Å². The maximum absolute atomic E-state index is 4.50. The van der Waals surface area contributed by atoms with Crippen molar-refractivity contribution in [1.29, 1.82) is 0 Å². The maximum atomic E-state index is 4.50. The second-order valence-corrected chi connectivity index (χ2v) is 32.8. The zero-order valence-corrected chi connectivity index (χ0v) is 80.3. The summed E-state index contributed by atoms with van der Waals surface area (Å²) >= 11 is 0. The Morgan fingerprint density at radius 2 is 0.430 bits per heavy atom. The van der Waals surface area contributed by atoms with Gasteiger partial charge in [0.25, 0.3) is 0 Å². The standard InChI is InChI=1S/5C16H18N.2C11H8N.5Ir/c1-16(2,3)12-13-7-6-8-14(11-13)15-9-4-5-10-17-15;3*1-16(2,3)12-13-9-10-17-15(11-13)14-7-5-4-6-8-14;1-16(2,3)11-13-9-10-15(17-12-13)14-7-5-4-6-8-14;2*1-2-6-10(7-3-1)11-8-4-5-9-12-11;;;;;/h4*4-7,9-11H,12H2,1-3H3;4-7,9-10,12H,11H2,1-3H3;2*1-6,8-9H;;;;;/q7*-1;;;;;. The zero-order valence-electron chi connectivity index (χ0n) is 68.3. The summed E-state index contributed by atoms with van der Waals surface area (Å²) in [6.07, 6.45) is 18.3. The van der Waals surface area contributed by atoms with Gasteiger partial charge in [0.15, 0.2) is 0 Å². The van der Waals surface area contributed by atoms with Gasteiger partial charge in [-0.1, -0.05) is 187 Å². The van der Waals surface area contributed by atoms with E-state index in [9.17, 15) is 0 Å². The minimum absolute atomic E-state index is 0. The molecule has 14 aromatic rings. The van der Waals surface area contributed by atoms with E-state index >= 15 is 0 Å². The van der Waals surface area contributed by atoms with Crippen molar-refractivity contribution in [1.82, 2.24) is 34.9 Å². The van der Waals surface area contributed by atoms with Crippen LogP contribution in [-0.2, 0) is 133 Å². The Bertz CT molecular complexity index is 4310. The van der Waals surface area contributed by atoms with Crippen LogP contribution < -0.4 is 0 Å². The molecule has 0 aliphatic carbocycles. The van der Waals surface area contributed by atoms with E-state index in [-0.39, 0.29) is 101 Å². The van der Waals surface area contributed by atoms with Gasteiger partial charge in [0.05, 0.1) is 0 Å². The fourth-order valence-electron chi connectivity index (χ4n) is 11.6. The Hall–Kier alpha value is -8.16. The van der Waals surface area contributed by atoms with Crippen LogP contribution in [0.1, 0.15) is 132 Å². The molecule has 0 amide bonds. The fourth-order valence-corrected chi connectivity index (χ4v) is 11.6. The van der Waals surface area contributed by atoms with Crippen molar-refractivity contribution in [3.63, 3.8) is 0 Å². The van der Waals surface area contributed by atoms with Gasteiger partial charge in [-0.15, -0.1) is 251 Å². The Balaban J connectivity index is 0.000000343. The molecule has 0 fully saturated rings. The van der Waals surface area contributed by atoms with E-state index in [1.54, 1.807) is 12.4 Å². The summed E-state index contributed by atoms with van der Waals surface area (Å²) in [5, 5.41) is 0. The topological polar surface area (TPSA) is 90.2 Å². The molecule has 7 heterocycles. The van der Waals surface area contributed by atoms with Gasteiger partial charge in [0, 0.05) is 144 Å². The average molecular weight is 2390 g/mol. The first kappa shape index (κ1) is 100. The normalized spacial score (nSPS) is 10.6. The largest absolute Gasteiger partial charge is 0.305 e. The summed E-state index contributed by atoms with van der Waals surface area (Å²) in [5.41, 5.74) is 22.5. The molecule has 0 atom stereocenters. The Morgan fingerprint density at radius 3 is 0.675 bits per heavy atom. The molecule has 14 rings (SSSR count). The van der Waals surface area contributed by atoms with Gasteiger partial charge < -0.3 is 34.9 Å². The van der Waals surface area contributed by atoms with Crippen LogP contribution in [0, 0.1) is 69.5 Å². The molecule has 7 nitrogen and oxygen atoms in total. The number of benzene rings is 7. The van der Waals surface area contributed by atoms with Crippen molar-refractivity contribution in [3.8, 4) is 78.8 Å². The second-order valence-electron chi connectivity index (χ2n) is 32.8. The van der Waals surface area contributed by atoms with Crippen molar-refractivity contribution in [3.05, 3.63) is 381 Å². The minimum atomic E-state index is 0. The quantitative estimate of drug-likeness (QED) is 0.113. The Kier molecular flexibility index (Phi) is 44.8. The van der Waals surface area contributed by atoms with Crippen LogP contribution in [0.3, 0.4) is 0 Å². The first-order valence-corrected chi connectivity index (χ1v) is 37.5. The number of nitrogens with zero attached hydrogens (tertiary/aromatic N) is 7. The van der Waals surface area contributed by atoms with Gasteiger partial charge in [-0.2, -0.15) is 0 Å². The molecule has 7 aromatic carbocycles. The number of aromatic nitrogens is 7. The van der Waals surface area contributed by atoms with Crippen molar-refractivity contribution < 1.29 is 101 Å². The predicted octanol–water partition coefficient (Wildman–Crippen LogP) is 25.8. The number of hydrogen-bond acceptors (Lipinski definition) is 7. The van der Waals surface area contributed by atoms with Crippen molar-refractivity contribution in [2.75, 3.05) is 0 Å². The van der Waals surface area contributed by atoms with Gasteiger partial charge in [0.1, 0.15) is 0 Å². The van der Waals surface area contributed by atoms with Crippen molar-refractivity contribution in [2.24, 2.45) is 27.1 Å². The summed E-state index contributed by atoms with van der Waals surface area (Å²) in [7, 11) is 0. The summed E-state index contributed by atoms with van der Waals surface area (Å²) in [5.74, 6) is 0. The van der Waals surface area contributed by atoms with Crippen LogP contribution in [0.5, 0.6) is 0 Å². The third kappa shape index (κ3) is 39.5. The fraction of sp³-hybridized carbons (Fsp3) is 0.245. The number of hydrogen-bond donors (Lipinski definition) is 0. The molecular weight excluding hydrogens is 2280 g/mol. The molecule has 0 unspecified atom stereocenters. The molecule has 601 valence electrons. The molecule has 0 saturated heterocycles. The molecule has 0 saturated carbocycles. The number of pyridine rings is 7. The summed E-state index contributed by atoms with van der Waals surface area (Å²) < 4.78 is 0. The van der Waals surface area contributed by atoms with Crippen LogP contribution in [0.4, 0.5) is 0 Å². The van der Waals surface area contributed by atoms with Gasteiger partial charge >= 0.3 is 0 Å². The Labute approximate surface area is 750 Å². The number of rotatable bonds is 12. The van der Waals surface area contributed by atoms with E-state index in [0.717, 1.165) is 111 Å². The van der Waals surface area contributed by atoms with Crippen molar-refractivity contribution in [2.45, 2.75) is 136 Å². The molecule has 5 radical (unpaired) electrons. The molecule has 114 heavy (non-hydrogen) atoms. The molecule has 12 heteroatoms. The smallest absolute Gasteiger partial charge is 0.0193 e. The van der Waals surface area contributed by atoms with E-state index in [1.165, 1.54) is 27.8 Å². The first-order chi connectivity index (χ1) is 52.2. The van der Waals surface area contributed by atoms with Crippen LogP contribution in [-0.4, -0.2) is 34.9 Å². The van der Waals surface area contributed by atoms with Gasteiger partial charge in [-0.05, 0) is 141 Å². The van der Waals surface area contributed by atoms with Crippen molar-refractivity contribution >= 4 is 0 Å². The monoisotopic (exact) mass is 2390 g/mol. The zero-order chi connectivity index (χ0) is 78.0. The minimum Gasteiger partial charge on any atom is -0.305 e. The molecule has 7 aromatic heterocycles. The van der Waals surface area contributed by atoms with Gasteiger partial charge in [-0.3, -0.25) is 0 Å². The van der Waals surface area contributed by atoms with Crippen LogP contribution >= 0.6 is 0 Å². The average Bonchev–Trinajstić information content (AvgIpc) is 0.880. The first-order valence-electron chi connectivity index (χ1n) is 37.5. The molecule has 0 N–H and O–H groups in total. The third-order valence-corrected chi connectivity index (χ3v) is 16.0. The van der Waals surface area contributed by atoms with Gasteiger partial charge in [0.2, 0.25) is 0 Å². The van der Waals surface area contributed by atoms with Crippen LogP contribution in [0.2, 0.25) is 0 Å². The summed E-state index contributed by atoms with van der Waals surface area (Å²) in [6, 6.07) is 111. The summed E-state index contributed by atoms with van der Waals surface area (Å²) in [6.45, 7) is 33.8. The summed E-state index contributed by atoms with van der Waals surface area (Å²) in [4.78, 5) is 30.5. The van der Waals surface area contributed by atoms with Gasteiger partial charge in [-0.25, -0.2) is 0 Å². The van der Waals surface area contributed by atoms with E-state index in [4.69, 9.17) is 0 Å². The van der Waals surface area contributed by atoms with E-state index < -0.39 is 0 Å². The van der Waals surface area contributed by atoms with Crippen LogP contribution in [0.25, 0.3) is 78.8 Å². The predicted molar refractivity (Wildman–Crippen MR) is 455 cm³/mol. The van der Waals surface area contributed by atoms with E-state index in [2.05, 4.69) is 242 Å². The SMILES string of the molecule is CC(C)(C)Cc1cc[c-]c(-c2ccccn2)c1.CC(C)(C)Cc1ccc(-c2[c-]cccc2)nc1.CC(C)(C)Cc1ccnc(-c2[c-]cccc2)c1.CC(C)(C)Cc1ccnc(-c2[c-]cccc2)c1.CC(C)(C)Cc1ccnc(-c2[c-]cccc2)c1.[Ir].[Ir].[Ir].[Ir].[Ir].[c-]1ccccc1-c1ccccn1.[c-]1ccccc1-c1ccccn1. The van der Waals surface area contributed by atoms with Crippen LogP contribution in [0.15, 0.2) is 310 Å². The molecule has 0 aliphatic rings. The van der Waals surface area contributed by atoms with E-state index in [0.29, 0.717) is 27.1 Å². The second kappa shape index (κ2) is 51.0.